The zero-order valence-electron chi connectivity index (χ0n) is 18.8. The lowest BCUT2D eigenvalue weighted by Crippen LogP contribution is -2.39. The number of carbonyl (C=O) groups excluding carboxylic acids is 1. The Morgan fingerprint density at radius 2 is 1.89 bits per heavy atom. The second-order valence-electron chi connectivity index (χ2n) is 9.33. The predicted octanol–water partition coefficient (Wildman–Crippen LogP) is 5.41. The van der Waals surface area contributed by atoms with E-state index in [9.17, 15) is 15.3 Å². The highest BCUT2D eigenvalue weighted by molar-refractivity contribution is 7.20. The van der Waals surface area contributed by atoms with Crippen LogP contribution in [0.3, 0.4) is 0 Å². The number of hydrogen-bond acceptors (Lipinski definition) is 7. The molecule has 0 spiro atoms. The maximum atomic E-state index is 15.1. The third-order valence-electron chi connectivity index (χ3n) is 7.61. The SMILES string of the molecule is N#CC1=C(N)N(c2sc3c(c2C#N)C2CCN3CC2)C2=C(C(=O)CCC2)C1c1c(F)cccc1Cl. The highest BCUT2D eigenvalue weighted by Gasteiger charge is 2.45. The van der Waals surface area contributed by atoms with Crippen LogP contribution in [0.15, 0.2) is 40.9 Å². The lowest BCUT2D eigenvalue weighted by molar-refractivity contribution is -0.116. The summed E-state index contributed by atoms with van der Waals surface area (Å²) < 4.78 is 15.1. The van der Waals surface area contributed by atoms with Gasteiger partial charge in [-0.1, -0.05) is 29.0 Å². The molecule has 6 nitrogen and oxygen atoms in total. The van der Waals surface area contributed by atoms with Crippen LogP contribution in [-0.2, 0) is 4.79 Å². The molecular formula is C26H21ClFN5OS. The van der Waals surface area contributed by atoms with E-state index in [2.05, 4.69) is 17.0 Å². The maximum Gasteiger partial charge on any atom is 0.161 e. The van der Waals surface area contributed by atoms with Gasteiger partial charge in [-0.3, -0.25) is 9.69 Å². The largest absolute Gasteiger partial charge is 0.384 e. The van der Waals surface area contributed by atoms with E-state index >= 15 is 4.39 Å². The molecule has 2 bridgehead atoms. The number of hydrogen-bond donors (Lipinski definition) is 1. The van der Waals surface area contributed by atoms with Crippen molar-refractivity contribution in [1.82, 2.24) is 0 Å². The summed E-state index contributed by atoms with van der Waals surface area (Å²) in [5.74, 6) is -1.26. The number of benzene rings is 1. The fraction of sp³-hybridized carbons (Fsp3) is 0.346. The molecule has 2 N–H and O–H groups in total. The fourth-order valence-corrected chi connectivity index (χ4v) is 7.77. The highest BCUT2D eigenvalue weighted by atomic mass is 35.5. The summed E-state index contributed by atoms with van der Waals surface area (Å²) >= 11 is 7.91. The second kappa shape index (κ2) is 8.12. The summed E-state index contributed by atoms with van der Waals surface area (Å²) in [4.78, 5) is 17.4. The van der Waals surface area contributed by atoms with Crippen molar-refractivity contribution in [1.29, 1.82) is 10.5 Å². The number of carbonyl (C=O) groups is 1. The van der Waals surface area contributed by atoms with Crippen molar-refractivity contribution in [2.45, 2.75) is 43.9 Å². The second-order valence-corrected chi connectivity index (χ2v) is 10.7. The quantitative estimate of drug-likeness (QED) is 0.585. The first-order valence-corrected chi connectivity index (χ1v) is 12.9. The first-order chi connectivity index (χ1) is 17.0. The lowest BCUT2D eigenvalue weighted by atomic mass is 9.75. The van der Waals surface area contributed by atoms with E-state index in [1.807, 2.05) is 0 Å². The van der Waals surface area contributed by atoms with Crippen LogP contribution in [0.4, 0.5) is 14.4 Å². The summed E-state index contributed by atoms with van der Waals surface area (Å²) in [6.07, 6.45) is 3.46. The van der Waals surface area contributed by atoms with Gasteiger partial charge in [0.25, 0.3) is 0 Å². The molecule has 1 aliphatic carbocycles. The van der Waals surface area contributed by atoms with Crippen LogP contribution >= 0.6 is 22.9 Å². The van der Waals surface area contributed by atoms with Gasteiger partial charge in [0, 0.05) is 46.9 Å². The van der Waals surface area contributed by atoms with Crippen molar-refractivity contribution < 1.29 is 9.18 Å². The average molecular weight is 506 g/mol. The summed E-state index contributed by atoms with van der Waals surface area (Å²) in [6, 6.07) is 8.87. The van der Waals surface area contributed by atoms with Crippen LogP contribution in [0.2, 0.25) is 5.02 Å². The van der Waals surface area contributed by atoms with Gasteiger partial charge < -0.3 is 10.6 Å². The molecule has 5 heterocycles. The molecule has 176 valence electrons. The Bertz CT molecular complexity index is 1420. The van der Waals surface area contributed by atoms with Crippen LogP contribution in [0.25, 0.3) is 0 Å². The molecule has 0 saturated carbocycles. The van der Waals surface area contributed by atoms with Gasteiger partial charge in [-0.15, -0.1) is 0 Å². The van der Waals surface area contributed by atoms with Gasteiger partial charge in [-0.2, -0.15) is 10.5 Å². The molecule has 1 atom stereocenters. The number of anilines is 2. The van der Waals surface area contributed by atoms with Crippen LogP contribution in [-0.4, -0.2) is 18.9 Å². The molecule has 1 saturated heterocycles. The van der Waals surface area contributed by atoms with Gasteiger partial charge in [-0.25, -0.2) is 4.39 Å². The van der Waals surface area contributed by atoms with Crippen LogP contribution in [0.1, 0.15) is 60.6 Å². The summed E-state index contributed by atoms with van der Waals surface area (Å²) in [5.41, 5.74) is 9.44. The van der Waals surface area contributed by atoms with Gasteiger partial charge >= 0.3 is 0 Å². The number of piperidine rings is 1. The van der Waals surface area contributed by atoms with Crippen molar-refractivity contribution in [3.05, 3.63) is 68.4 Å². The third kappa shape index (κ3) is 3.07. The van der Waals surface area contributed by atoms with E-state index in [1.165, 1.54) is 23.5 Å². The molecule has 1 fully saturated rings. The molecule has 2 aromatic rings. The number of halogens is 2. The molecule has 0 amide bonds. The zero-order chi connectivity index (χ0) is 24.4. The van der Waals surface area contributed by atoms with Crippen LogP contribution in [0.5, 0.6) is 0 Å². The molecule has 35 heavy (non-hydrogen) atoms. The number of fused-ring (bicyclic) bond motifs is 2. The van der Waals surface area contributed by atoms with E-state index < -0.39 is 11.7 Å². The van der Waals surface area contributed by atoms with Crippen molar-refractivity contribution >= 4 is 38.7 Å². The Morgan fingerprint density at radius 3 is 2.57 bits per heavy atom. The zero-order valence-corrected chi connectivity index (χ0v) is 20.3. The first kappa shape index (κ1) is 22.2. The number of nitrogens with two attached hydrogens (primary N) is 1. The van der Waals surface area contributed by atoms with Gasteiger partial charge in [-0.05, 0) is 43.7 Å². The molecule has 7 rings (SSSR count). The number of Topliss-reactive ketones (excluding diaryl/α,β-unsaturated/α-hetero) is 1. The van der Waals surface area contributed by atoms with Gasteiger partial charge in [0.1, 0.15) is 22.7 Å². The number of ketones is 1. The van der Waals surface area contributed by atoms with Crippen LogP contribution in [0, 0.1) is 28.5 Å². The van der Waals surface area contributed by atoms with E-state index in [1.54, 1.807) is 11.0 Å². The highest BCUT2D eigenvalue weighted by Crippen LogP contribution is 2.56. The van der Waals surface area contributed by atoms with E-state index in [-0.39, 0.29) is 27.8 Å². The average Bonchev–Trinajstić information content (AvgIpc) is 3.26. The number of nitrogens with zero attached hydrogens (tertiary/aromatic N) is 4. The molecule has 4 aliphatic heterocycles. The Labute approximate surface area is 211 Å². The van der Waals surface area contributed by atoms with Crippen molar-refractivity contribution in [3.8, 4) is 12.1 Å². The van der Waals surface area contributed by atoms with Crippen molar-refractivity contribution in [2.75, 3.05) is 22.9 Å². The first-order valence-electron chi connectivity index (χ1n) is 11.7. The number of nitriles is 2. The Kier molecular flexibility index (Phi) is 5.14. The monoisotopic (exact) mass is 505 g/mol. The number of thiophene rings is 1. The molecule has 1 unspecified atom stereocenters. The number of rotatable bonds is 2. The smallest absolute Gasteiger partial charge is 0.161 e. The predicted molar refractivity (Wildman–Crippen MR) is 133 cm³/mol. The van der Waals surface area contributed by atoms with E-state index in [0.29, 0.717) is 47.0 Å². The van der Waals surface area contributed by atoms with Gasteiger partial charge in [0.05, 0.1) is 28.1 Å². The lowest BCUT2D eigenvalue weighted by Gasteiger charge is -2.39. The van der Waals surface area contributed by atoms with Gasteiger partial charge in [0.15, 0.2) is 5.78 Å². The Balaban J connectivity index is 1.62. The van der Waals surface area contributed by atoms with Gasteiger partial charge in [0.2, 0.25) is 0 Å². The molecule has 1 aromatic heterocycles. The van der Waals surface area contributed by atoms with Crippen molar-refractivity contribution in [2.24, 2.45) is 5.73 Å². The molecule has 9 heteroatoms. The number of allylic oxidation sites excluding steroid dienone is 3. The van der Waals surface area contributed by atoms with E-state index in [4.69, 9.17) is 17.3 Å². The van der Waals surface area contributed by atoms with Crippen LogP contribution < -0.4 is 15.5 Å². The van der Waals surface area contributed by atoms with E-state index in [0.717, 1.165) is 36.5 Å². The summed E-state index contributed by atoms with van der Waals surface area (Å²) in [5, 5.41) is 22.3. The Hall–Kier alpha value is -3.33. The minimum atomic E-state index is -0.979. The molecular weight excluding hydrogens is 485 g/mol. The summed E-state index contributed by atoms with van der Waals surface area (Å²) in [7, 11) is 0. The summed E-state index contributed by atoms with van der Waals surface area (Å²) in [6.45, 7) is 1.91. The Morgan fingerprint density at radius 1 is 1.11 bits per heavy atom. The minimum absolute atomic E-state index is 0.0736. The minimum Gasteiger partial charge on any atom is -0.384 e. The standard InChI is InChI=1S/C26H21ClFN5OS/c27-16-3-1-4-17(28)22(16)21-14(11-29)24(31)33(18-5-2-6-19(34)23(18)21)25-15(12-30)20-13-7-9-32(10-8-13)26(20)35-25/h1,3-4,13,21H,2,5-10,31H2. The maximum absolute atomic E-state index is 15.1. The topological polar surface area (TPSA) is 97.2 Å². The third-order valence-corrected chi connectivity index (χ3v) is 9.20. The normalized spacial score (nSPS) is 21.7. The fourth-order valence-electron chi connectivity index (χ4n) is 6.06. The molecule has 0 radical (unpaired) electrons. The van der Waals surface area contributed by atoms with Crippen molar-refractivity contribution in [3.63, 3.8) is 0 Å². The molecule has 1 aromatic carbocycles. The molecule has 5 aliphatic rings.